The monoisotopic (exact) mass is 370 g/mol. The minimum Gasteiger partial charge on any atom is -0.338 e. The van der Waals surface area contributed by atoms with Gasteiger partial charge in [0.1, 0.15) is 5.82 Å². The van der Waals surface area contributed by atoms with Crippen LogP contribution in [0.15, 0.2) is 30.5 Å². The standard InChI is InChI=1S/C20H23ClN4O/c21-16-6-3-14(4-7-16)5-8-19(26)25-11-9-17-15(13-25)12-23-20(24-17)18-2-1-10-22-18/h3-4,6-7,12,18,22H,1-2,5,8-11,13H2. The second-order valence-electron chi connectivity index (χ2n) is 7.04. The van der Waals surface area contributed by atoms with E-state index >= 15 is 0 Å². The first-order chi connectivity index (χ1) is 12.7. The molecule has 0 spiro atoms. The maximum Gasteiger partial charge on any atom is 0.223 e. The summed E-state index contributed by atoms with van der Waals surface area (Å²) in [6, 6.07) is 7.99. The number of aromatic nitrogens is 2. The highest BCUT2D eigenvalue weighted by molar-refractivity contribution is 6.30. The van der Waals surface area contributed by atoms with Crippen molar-refractivity contribution in [2.75, 3.05) is 13.1 Å². The molecule has 1 unspecified atom stereocenters. The Bertz CT molecular complexity index is 787. The molecule has 0 aliphatic carbocycles. The number of fused-ring (bicyclic) bond motifs is 1. The van der Waals surface area contributed by atoms with Gasteiger partial charge in [-0.3, -0.25) is 4.79 Å². The van der Waals surface area contributed by atoms with Crippen LogP contribution in [0.2, 0.25) is 5.02 Å². The lowest BCUT2D eigenvalue weighted by Gasteiger charge is -2.28. The minimum atomic E-state index is 0.187. The Morgan fingerprint density at radius 2 is 2.15 bits per heavy atom. The zero-order valence-electron chi connectivity index (χ0n) is 14.7. The van der Waals surface area contributed by atoms with Gasteiger partial charge < -0.3 is 10.2 Å². The van der Waals surface area contributed by atoms with Crippen LogP contribution in [0.1, 0.15) is 47.9 Å². The average molecular weight is 371 g/mol. The first-order valence-corrected chi connectivity index (χ1v) is 9.67. The van der Waals surface area contributed by atoms with E-state index in [1.54, 1.807) is 0 Å². The first-order valence-electron chi connectivity index (χ1n) is 9.29. The van der Waals surface area contributed by atoms with Crippen molar-refractivity contribution in [1.29, 1.82) is 0 Å². The smallest absolute Gasteiger partial charge is 0.223 e. The lowest BCUT2D eigenvalue weighted by atomic mass is 10.0. The van der Waals surface area contributed by atoms with E-state index in [4.69, 9.17) is 16.6 Å². The van der Waals surface area contributed by atoms with E-state index in [-0.39, 0.29) is 5.91 Å². The summed E-state index contributed by atoms with van der Waals surface area (Å²) in [6.07, 6.45) is 6.26. The molecular formula is C20H23ClN4O. The Kier molecular flexibility index (Phi) is 5.18. The molecule has 2 aliphatic rings. The number of rotatable bonds is 4. The van der Waals surface area contributed by atoms with Crippen LogP contribution in [-0.4, -0.2) is 33.9 Å². The van der Waals surface area contributed by atoms with Crippen LogP contribution in [0.25, 0.3) is 0 Å². The van der Waals surface area contributed by atoms with E-state index in [9.17, 15) is 4.79 Å². The lowest BCUT2D eigenvalue weighted by molar-refractivity contribution is -0.132. The van der Waals surface area contributed by atoms with Crippen molar-refractivity contribution in [3.05, 3.63) is 58.1 Å². The Balaban J connectivity index is 1.36. The quantitative estimate of drug-likeness (QED) is 0.898. The summed E-state index contributed by atoms with van der Waals surface area (Å²) in [5.74, 6) is 1.09. The molecule has 1 aromatic carbocycles. The van der Waals surface area contributed by atoms with Gasteiger partial charge in [-0.1, -0.05) is 23.7 Å². The number of carbonyl (C=O) groups is 1. The Labute approximate surface area is 158 Å². The van der Waals surface area contributed by atoms with E-state index < -0.39 is 0 Å². The highest BCUT2D eigenvalue weighted by Crippen LogP contribution is 2.23. The van der Waals surface area contributed by atoms with E-state index in [0.717, 1.165) is 60.0 Å². The van der Waals surface area contributed by atoms with Gasteiger partial charge in [0.15, 0.2) is 0 Å². The molecule has 0 bridgehead atoms. The van der Waals surface area contributed by atoms with Gasteiger partial charge in [-0.25, -0.2) is 9.97 Å². The van der Waals surface area contributed by atoms with Gasteiger partial charge >= 0.3 is 0 Å². The number of benzene rings is 1. The molecule has 136 valence electrons. The third-order valence-electron chi connectivity index (χ3n) is 5.22. The van der Waals surface area contributed by atoms with Gasteiger partial charge in [0.05, 0.1) is 11.7 Å². The van der Waals surface area contributed by atoms with Crippen LogP contribution in [0.4, 0.5) is 0 Å². The van der Waals surface area contributed by atoms with E-state index in [0.29, 0.717) is 19.0 Å². The SMILES string of the molecule is O=C(CCc1ccc(Cl)cc1)N1CCc2nc(C3CCCN3)ncc2C1. The fourth-order valence-corrected chi connectivity index (χ4v) is 3.80. The van der Waals surface area contributed by atoms with E-state index in [1.807, 2.05) is 35.4 Å². The van der Waals surface area contributed by atoms with Crippen molar-refractivity contribution in [3.63, 3.8) is 0 Å². The van der Waals surface area contributed by atoms with Crippen LogP contribution in [0, 0.1) is 0 Å². The molecule has 1 aromatic heterocycles. The average Bonchev–Trinajstić information content (AvgIpc) is 3.21. The van der Waals surface area contributed by atoms with Gasteiger partial charge in [0, 0.05) is 42.7 Å². The Morgan fingerprint density at radius 1 is 1.31 bits per heavy atom. The fraction of sp³-hybridized carbons (Fsp3) is 0.450. The summed E-state index contributed by atoms with van der Waals surface area (Å²) < 4.78 is 0. The van der Waals surface area contributed by atoms with Gasteiger partial charge in [-0.05, 0) is 43.5 Å². The van der Waals surface area contributed by atoms with E-state index in [2.05, 4.69) is 10.3 Å². The number of amides is 1. The number of halogens is 1. The number of hydrogen-bond donors (Lipinski definition) is 1. The molecule has 2 aromatic rings. The summed E-state index contributed by atoms with van der Waals surface area (Å²) in [6.45, 7) is 2.40. The van der Waals surface area contributed by atoms with Gasteiger partial charge in [0.2, 0.25) is 5.91 Å². The second kappa shape index (κ2) is 7.72. The summed E-state index contributed by atoms with van der Waals surface area (Å²) >= 11 is 5.91. The van der Waals surface area contributed by atoms with Gasteiger partial charge in [-0.2, -0.15) is 0 Å². The van der Waals surface area contributed by atoms with Crippen LogP contribution in [0.5, 0.6) is 0 Å². The molecule has 4 rings (SSSR count). The number of nitrogens with zero attached hydrogens (tertiary/aromatic N) is 3. The zero-order valence-corrected chi connectivity index (χ0v) is 15.5. The highest BCUT2D eigenvalue weighted by atomic mass is 35.5. The van der Waals surface area contributed by atoms with Crippen molar-refractivity contribution in [1.82, 2.24) is 20.2 Å². The predicted octanol–water partition coefficient (Wildman–Crippen LogP) is 3.07. The van der Waals surface area contributed by atoms with Crippen LogP contribution < -0.4 is 5.32 Å². The van der Waals surface area contributed by atoms with E-state index in [1.165, 1.54) is 6.42 Å². The maximum absolute atomic E-state index is 12.6. The molecule has 6 heteroatoms. The highest BCUT2D eigenvalue weighted by Gasteiger charge is 2.24. The lowest BCUT2D eigenvalue weighted by Crippen LogP contribution is -2.37. The third-order valence-corrected chi connectivity index (χ3v) is 5.47. The maximum atomic E-state index is 12.6. The molecule has 1 atom stereocenters. The molecule has 0 radical (unpaired) electrons. The Hall–Kier alpha value is -1.98. The third kappa shape index (κ3) is 3.89. The fourth-order valence-electron chi connectivity index (χ4n) is 3.68. The molecule has 3 heterocycles. The predicted molar refractivity (Wildman–Crippen MR) is 101 cm³/mol. The van der Waals surface area contributed by atoms with Gasteiger partial charge in [0.25, 0.3) is 0 Å². The van der Waals surface area contributed by atoms with Gasteiger partial charge in [-0.15, -0.1) is 0 Å². The largest absolute Gasteiger partial charge is 0.338 e. The number of nitrogens with one attached hydrogen (secondary N) is 1. The molecule has 1 amide bonds. The zero-order chi connectivity index (χ0) is 17.9. The second-order valence-corrected chi connectivity index (χ2v) is 7.48. The molecule has 0 saturated carbocycles. The van der Waals surface area contributed by atoms with Crippen molar-refractivity contribution >= 4 is 17.5 Å². The van der Waals surface area contributed by atoms with Crippen LogP contribution in [0.3, 0.4) is 0 Å². The van der Waals surface area contributed by atoms with Crippen molar-refractivity contribution in [2.45, 2.75) is 44.7 Å². The molecule has 1 saturated heterocycles. The number of aryl methyl sites for hydroxylation is 1. The summed E-state index contributed by atoms with van der Waals surface area (Å²) in [4.78, 5) is 23.8. The molecule has 1 fully saturated rings. The number of hydrogen-bond acceptors (Lipinski definition) is 4. The summed E-state index contributed by atoms with van der Waals surface area (Å²) in [7, 11) is 0. The molecular weight excluding hydrogens is 348 g/mol. The van der Waals surface area contributed by atoms with Crippen LogP contribution in [-0.2, 0) is 24.2 Å². The topological polar surface area (TPSA) is 58.1 Å². The van der Waals surface area contributed by atoms with Crippen molar-refractivity contribution in [2.24, 2.45) is 0 Å². The van der Waals surface area contributed by atoms with Crippen LogP contribution >= 0.6 is 11.6 Å². The summed E-state index contributed by atoms with van der Waals surface area (Å²) in [5.41, 5.74) is 3.32. The summed E-state index contributed by atoms with van der Waals surface area (Å²) in [5, 5.41) is 4.17. The number of carbonyl (C=O) groups excluding carboxylic acids is 1. The molecule has 2 aliphatic heterocycles. The normalized spacial score (nSPS) is 19.4. The molecule has 1 N–H and O–H groups in total. The minimum absolute atomic E-state index is 0.187. The first kappa shape index (κ1) is 17.4. The molecule has 5 nitrogen and oxygen atoms in total. The van der Waals surface area contributed by atoms with Crippen molar-refractivity contribution in [3.8, 4) is 0 Å². The van der Waals surface area contributed by atoms with Crippen molar-refractivity contribution < 1.29 is 4.79 Å². The molecule has 26 heavy (non-hydrogen) atoms. The Morgan fingerprint density at radius 3 is 2.92 bits per heavy atom.